The maximum Gasteiger partial charge on any atom is 0.254 e. The first-order valence-electron chi connectivity index (χ1n) is 9.75. The van der Waals surface area contributed by atoms with Crippen molar-refractivity contribution in [2.45, 2.75) is 25.5 Å². The summed E-state index contributed by atoms with van der Waals surface area (Å²) in [5, 5.41) is 14.7. The maximum absolute atomic E-state index is 13.1. The number of benzene rings is 2. The number of hydrogen-bond donors (Lipinski definition) is 1. The van der Waals surface area contributed by atoms with Crippen LogP contribution in [-0.4, -0.2) is 43.8 Å². The Labute approximate surface area is 168 Å². The van der Waals surface area contributed by atoms with E-state index in [0.717, 1.165) is 5.56 Å². The quantitative estimate of drug-likeness (QED) is 0.722. The van der Waals surface area contributed by atoms with Crippen LogP contribution in [0.25, 0.3) is 0 Å². The lowest BCUT2D eigenvalue weighted by atomic mass is 9.87. The van der Waals surface area contributed by atoms with E-state index >= 15 is 0 Å². The zero-order valence-electron chi connectivity index (χ0n) is 16.0. The molecule has 1 aromatic heterocycles. The third kappa shape index (κ3) is 4.35. The normalized spacial score (nSPS) is 16.0. The summed E-state index contributed by atoms with van der Waals surface area (Å²) in [6.45, 7) is 1.65. The number of carbonyl (C=O) groups is 1. The Balaban J connectivity index is 1.41. The summed E-state index contributed by atoms with van der Waals surface area (Å²) in [4.78, 5) is 18.9. The molecule has 150 valence electrons. The molecule has 4 rings (SSSR count). The molecule has 1 fully saturated rings. The molecule has 0 radical (unpaired) electrons. The Hall–Kier alpha value is -3.06. The third-order valence-corrected chi connectivity index (χ3v) is 5.53. The fourth-order valence-corrected chi connectivity index (χ4v) is 3.88. The highest BCUT2D eigenvalue weighted by Gasteiger charge is 2.29. The Kier molecular flexibility index (Phi) is 5.67. The highest BCUT2D eigenvalue weighted by atomic mass is 19.1. The summed E-state index contributed by atoms with van der Waals surface area (Å²) < 4.78 is 14.8. The van der Waals surface area contributed by atoms with Crippen LogP contribution in [0.15, 0.2) is 61.2 Å². The van der Waals surface area contributed by atoms with Crippen molar-refractivity contribution in [1.29, 1.82) is 0 Å². The molecule has 0 aliphatic carbocycles. The fourth-order valence-electron chi connectivity index (χ4n) is 3.88. The number of likely N-dealkylation sites (tertiary alicyclic amines) is 1. The Morgan fingerprint density at radius 3 is 2.55 bits per heavy atom. The van der Waals surface area contributed by atoms with Gasteiger partial charge in [-0.1, -0.05) is 30.3 Å². The van der Waals surface area contributed by atoms with Crippen molar-refractivity contribution < 1.29 is 14.3 Å². The summed E-state index contributed by atoms with van der Waals surface area (Å²) in [7, 11) is 0. The van der Waals surface area contributed by atoms with Gasteiger partial charge in [-0.2, -0.15) is 5.10 Å². The summed E-state index contributed by atoms with van der Waals surface area (Å²) >= 11 is 0. The van der Waals surface area contributed by atoms with Crippen LogP contribution < -0.4 is 0 Å². The minimum atomic E-state index is -0.646. The largest absolute Gasteiger partial charge is 0.388 e. The molecule has 0 saturated carbocycles. The van der Waals surface area contributed by atoms with Gasteiger partial charge in [0.25, 0.3) is 5.91 Å². The van der Waals surface area contributed by atoms with E-state index in [1.165, 1.54) is 18.5 Å². The summed E-state index contributed by atoms with van der Waals surface area (Å²) in [6.07, 6.45) is 3.86. The van der Waals surface area contributed by atoms with Crippen molar-refractivity contribution in [2.24, 2.45) is 5.92 Å². The number of carbonyl (C=O) groups excluding carboxylic acids is 1. The van der Waals surface area contributed by atoms with Crippen LogP contribution in [0.4, 0.5) is 4.39 Å². The molecule has 1 N–H and O–H groups in total. The number of aromatic nitrogens is 3. The average molecular weight is 394 g/mol. The maximum atomic E-state index is 13.1. The summed E-state index contributed by atoms with van der Waals surface area (Å²) in [5.41, 5.74) is 2.28. The highest BCUT2D eigenvalue weighted by Crippen LogP contribution is 2.31. The molecule has 7 heteroatoms. The van der Waals surface area contributed by atoms with Crippen LogP contribution in [0.2, 0.25) is 0 Å². The van der Waals surface area contributed by atoms with Gasteiger partial charge in [-0.05, 0) is 48.1 Å². The van der Waals surface area contributed by atoms with Crippen molar-refractivity contribution in [1.82, 2.24) is 19.7 Å². The number of nitrogens with zero attached hydrogens (tertiary/aromatic N) is 4. The van der Waals surface area contributed by atoms with E-state index in [4.69, 9.17) is 0 Å². The van der Waals surface area contributed by atoms with E-state index in [9.17, 15) is 14.3 Å². The van der Waals surface area contributed by atoms with Crippen LogP contribution in [0.1, 0.15) is 40.4 Å². The Bertz CT molecular complexity index is 951. The van der Waals surface area contributed by atoms with Gasteiger partial charge >= 0.3 is 0 Å². The van der Waals surface area contributed by atoms with E-state index in [2.05, 4.69) is 10.1 Å². The first-order valence-corrected chi connectivity index (χ1v) is 9.75. The van der Waals surface area contributed by atoms with Gasteiger partial charge < -0.3 is 10.0 Å². The van der Waals surface area contributed by atoms with Crippen molar-refractivity contribution in [3.63, 3.8) is 0 Å². The summed E-state index contributed by atoms with van der Waals surface area (Å²) in [6, 6.07) is 13.5. The van der Waals surface area contributed by atoms with Gasteiger partial charge in [0.2, 0.25) is 0 Å². The smallest absolute Gasteiger partial charge is 0.254 e. The number of rotatable bonds is 5. The lowest BCUT2D eigenvalue weighted by molar-refractivity contribution is 0.0461. The molecule has 6 nitrogen and oxygen atoms in total. The van der Waals surface area contributed by atoms with E-state index < -0.39 is 6.10 Å². The van der Waals surface area contributed by atoms with Gasteiger partial charge in [0.1, 0.15) is 18.5 Å². The molecule has 1 aliphatic rings. The summed E-state index contributed by atoms with van der Waals surface area (Å²) in [5.74, 6) is -0.267. The second kappa shape index (κ2) is 8.53. The number of aliphatic hydroxyl groups excluding tert-OH is 1. The van der Waals surface area contributed by atoms with Gasteiger partial charge in [0, 0.05) is 18.7 Å². The van der Waals surface area contributed by atoms with Gasteiger partial charge in [0.05, 0.1) is 12.6 Å². The van der Waals surface area contributed by atoms with Crippen LogP contribution in [-0.2, 0) is 6.54 Å². The first-order chi connectivity index (χ1) is 14.1. The molecular weight excluding hydrogens is 371 g/mol. The third-order valence-electron chi connectivity index (χ3n) is 5.53. The molecule has 2 aromatic carbocycles. The number of halogens is 1. The molecule has 1 unspecified atom stereocenters. The minimum absolute atomic E-state index is 0.00422. The van der Waals surface area contributed by atoms with Crippen molar-refractivity contribution in [2.75, 3.05) is 13.1 Å². The SMILES string of the molecule is O=C(c1ccccc1Cn1cncn1)N1CCC(C(O)c2ccc(F)cc2)CC1. The van der Waals surface area contributed by atoms with E-state index in [-0.39, 0.29) is 17.6 Å². The molecule has 1 amide bonds. The Morgan fingerprint density at radius 1 is 1.14 bits per heavy atom. The molecule has 2 heterocycles. The minimum Gasteiger partial charge on any atom is -0.388 e. The molecule has 0 spiro atoms. The topological polar surface area (TPSA) is 71.2 Å². The predicted molar refractivity (Wildman–Crippen MR) is 106 cm³/mol. The van der Waals surface area contributed by atoms with Crippen LogP contribution >= 0.6 is 0 Å². The average Bonchev–Trinajstić information content (AvgIpc) is 3.27. The second-order valence-electron chi connectivity index (χ2n) is 7.38. The van der Waals surface area contributed by atoms with Crippen molar-refractivity contribution in [3.05, 3.63) is 83.7 Å². The molecule has 0 bridgehead atoms. The van der Waals surface area contributed by atoms with Gasteiger partial charge in [0.15, 0.2) is 0 Å². The zero-order chi connectivity index (χ0) is 20.2. The molecule has 1 atom stereocenters. The number of amides is 1. The van der Waals surface area contributed by atoms with Crippen molar-refractivity contribution >= 4 is 5.91 Å². The molecule has 3 aromatic rings. The first kappa shape index (κ1) is 19.3. The lowest BCUT2D eigenvalue weighted by Crippen LogP contribution is -2.40. The van der Waals surface area contributed by atoms with Crippen LogP contribution in [0.3, 0.4) is 0 Å². The van der Waals surface area contributed by atoms with E-state index in [1.807, 2.05) is 29.2 Å². The van der Waals surface area contributed by atoms with Gasteiger partial charge in [-0.3, -0.25) is 4.79 Å². The van der Waals surface area contributed by atoms with Gasteiger partial charge in [-0.25, -0.2) is 14.1 Å². The Morgan fingerprint density at radius 2 is 1.86 bits per heavy atom. The number of aliphatic hydroxyl groups is 1. The lowest BCUT2D eigenvalue weighted by Gasteiger charge is -2.34. The molecule has 1 saturated heterocycles. The fraction of sp³-hybridized carbons (Fsp3) is 0.318. The molecule has 29 heavy (non-hydrogen) atoms. The molecular formula is C22H23FN4O2. The van der Waals surface area contributed by atoms with Crippen LogP contribution in [0.5, 0.6) is 0 Å². The number of hydrogen-bond acceptors (Lipinski definition) is 4. The predicted octanol–water partition coefficient (Wildman–Crippen LogP) is 3.05. The second-order valence-corrected chi connectivity index (χ2v) is 7.38. The number of piperidine rings is 1. The monoisotopic (exact) mass is 394 g/mol. The molecule has 1 aliphatic heterocycles. The highest BCUT2D eigenvalue weighted by molar-refractivity contribution is 5.95. The van der Waals surface area contributed by atoms with Gasteiger partial charge in [-0.15, -0.1) is 0 Å². The zero-order valence-corrected chi connectivity index (χ0v) is 16.0. The van der Waals surface area contributed by atoms with E-state index in [1.54, 1.807) is 23.1 Å². The van der Waals surface area contributed by atoms with Crippen molar-refractivity contribution in [3.8, 4) is 0 Å². The standard InChI is InChI=1S/C22H23FN4O2/c23-19-7-5-16(6-8-19)21(28)17-9-11-26(12-10-17)22(29)20-4-2-1-3-18(20)13-27-15-24-14-25-27/h1-8,14-15,17,21,28H,9-13H2. The van der Waals surface area contributed by atoms with E-state index in [0.29, 0.717) is 43.6 Å². The van der Waals surface area contributed by atoms with Crippen LogP contribution in [0, 0.1) is 11.7 Å².